The van der Waals surface area contributed by atoms with Crippen LogP contribution in [0.1, 0.15) is 11.1 Å². The molecule has 2 aromatic carbocycles. The third-order valence-corrected chi connectivity index (χ3v) is 3.91. The predicted molar refractivity (Wildman–Crippen MR) is 85.3 cm³/mol. The number of hydrogen-bond donors (Lipinski definition) is 1. The van der Waals surface area contributed by atoms with Gasteiger partial charge in [-0.1, -0.05) is 34.1 Å². The van der Waals surface area contributed by atoms with Crippen LogP contribution in [0.3, 0.4) is 0 Å². The summed E-state index contributed by atoms with van der Waals surface area (Å²) < 4.78 is 27.3. The first-order valence-corrected chi connectivity index (χ1v) is 7.70. The van der Waals surface area contributed by atoms with Gasteiger partial charge in [-0.2, -0.15) is 0 Å². The van der Waals surface area contributed by atoms with Crippen molar-refractivity contribution in [2.75, 3.05) is 13.6 Å². The van der Waals surface area contributed by atoms with Crippen LogP contribution in [0.4, 0.5) is 8.78 Å². The summed E-state index contributed by atoms with van der Waals surface area (Å²) in [6.45, 7) is 0.825. The molecule has 0 spiro atoms. The lowest BCUT2D eigenvalue weighted by Crippen LogP contribution is -2.22. The van der Waals surface area contributed by atoms with E-state index < -0.39 is 11.6 Å². The molecule has 0 fully saturated rings. The molecular formula is C17H18BrF2N. The zero-order chi connectivity index (χ0) is 15.2. The Labute approximate surface area is 132 Å². The molecule has 1 N–H and O–H groups in total. The summed E-state index contributed by atoms with van der Waals surface area (Å²) in [6, 6.07) is 12.3. The average Bonchev–Trinajstić information content (AvgIpc) is 2.43. The van der Waals surface area contributed by atoms with E-state index in [0.717, 1.165) is 23.0 Å². The fraction of sp³-hybridized carbons (Fsp3) is 0.294. The number of benzene rings is 2. The van der Waals surface area contributed by atoms with Gasteiger partial charge >= 0.3 is 0 Å². The highest BCUT2D eigenvalue weighted by Crippen LogP contribution is 2.19. The first-order chi connectivity index (χ1) is 10.1. The zero-order valence-electron chi connectivity index (χ0n) is 11.9. The van der Waals surface area contributed by atoms with Crippen LogP contribution in [-0.2, 0) is 12.8 Å². The highest BCUT2D eigenvalue weighted by molar-refractivity contribution is 9.10. The van der Waals surface area contributed by atoms with Gasteiger partial charge in [-0.15, -0.1) is 0 Å². The Morgan fingerprint density at radius 2 is 1.71 bits per heavy atom. The molecule has 0 aliphatic rings. The molecule has 4 heteroatoms. The van der Waals surface area contributed by atoms with Gasteiger partial charge in [0.2, 0.25) is 0 Å². The van der Waals surface area contributed by atoms with Crippen molar-refractivity contribution in [1.29, 1.82) is 0 Å². The number of hydrogen-bond acceptors (Lipinski definition) is 1. The highest BCUT2D eigenvalue weighted by atomic mass is 79.9. The average molecular weight is 354 g/mol. The van der Waals surface area contributed by atoms with Gasteiger partial charge in [0.15, 0.2) is 11.6 Å². The molecule has 0 aliphatic heterocycles. The standard InChI is InChI=1S/C17H18BrF2N/c1-21-11-14(7-12-3-2-4-15(18)9-12)8-13-5-6-16(19)17(20)10-13/h2-6,9-10,14,21H,7-8,11H2,1H3. The lowest BCUT2D eigenvalue weighted by molar-refractivity contribution is 0.483. The largest absolute Gasteiger partial charge is 0.319 e. The second-order valence-corrected chi connectivity index (χ2v) is 6.13. The zero-order valence-corrected chi connectivity index (χ0v) is 13.5. The number of rotatable bonds is 6. The fourth-order valence-corrected chi connectivity index (χ4v) is 2.95. The van der Waals surface area contributed by atoms with Gasteiger partial charge in [0.05, 0.1) is 0 Å². The van der Waals surface area contributed by atoms with E-state index in [1.165, 1.54) is 17.7 Å². The van der Waals surface area contributed by atoms with Gasteiger partial charge in [-0.3, -0.25) is 0 Å². The Balaban J connectivity index is 2.09. The first kappa shape index (κ1) is 16.1. The minimum atomic E-state index is -0.795. The molecule has 0 bridgehead atoms. The maximum atomic E-state index is 13.3. The molecule has 0 radical (unpaired) electrons. The summed E-state index contributed by atoms with van der Waals surface area (Å²) in [6.07, 6.45) is 1.60. The fourth-order valence-electron chi connectivity index (χ4n) is 2.50. The molecule has 0 amide bonds. The smallest absolute Gasteiger partial charge is 0.159 e. The monoisotopic (exact) mass is 353 g/mol. The number of nitrogens with one attached hydrogen (secondary N) is 1. The highest BCUT2D eigenvalue weighted by Gasteiger charge is 2.12. The maximum absolute atomic E-state index is 13.3. The van der Waals surface area contributed by atoms with E-state index in [9.17, 15) is 8.78 Å². The molecule has 0 heterocycles. The van der Waals surface area contributed by atoms with E-state index in [2.05, 4.69) is 33.4 Å². The van der Waals surface area contributed by atoms with Gasteiger partial charge in [-0.05, 0) is 67.7 Å². The number of halogens is 3. The van der Waals surface area contributed by atoms with Gasteiger partial charge in [0.1, 0.15) is 0 Å². The Morgan fingerprint density at radius 1 is 1.00 bits per heavy atom. The summed E-state index contributed by atoms with van der Waals surface area (Å²) >= 11 is 3.47. The van der Waals surface area contributed by atoms with Crippen LogP contribution in [0.2, 0.25) is 0 Å². The molecule has 0 saturated carbocycles. The molecule has 112 valence electrons. The van der Waals surface area contributed by atoms with Crippen molar-refractivity contribution in [2.24, 2.45) is 5.92 Å². The van der Waals surface area contributed by atoms with E-state index in [1.807, 2.05) is 19.2 Å². The van der Waals surface area contributed by atoms with E-state index in [4.69, 9.17) is 0 Å². The third kappa shape index (κ3) is 4.90. The summed E-state index contributed by atoms with van der Waals surface area (Å²) in [4.78, 5) is 0. The molecule has 1 atom stereocenters. The molecule has 1 nitrogen and oxygen atoms in total. The minimum absolute atomic E-state index is 0.328. The lowest BCUT2D eigenvalue weighted by atomic mass is 9.92. The quantitative estimate of drug-likeness (QED) is 0.813. The maximum Gasteiger partial charge on any atom is 0.159 e. The lowest BCUT2D eigenvalue weighted by Gasteiger charge is -2.17. The van der Waals surface area contributed by atoms with E-state index in [1.54, 1.807) is 6.07 Å². The summed E-state index contributed by atoms with van der Waals surface area (Å²) in [5.41, 5.74) is 2.05. The Kier molecular flexibility index (Phi) is 5.88. The second kappa shape index (κ2) is 7.66. The summed E-state index contributed by atoms with van der Waals surface area (Å²) in [5, 5.41) is 3.17. The normalized spacial score (nSPS) is 12.4. The molecule has 0 aliphatic carbocycles. The van der Waals surface area contributed by atoms with Crippen molar-refractivity contribution in [3.63, 3.8) is 0 Å². The van der Waals surface area contributed by atoms with Crippen LogP contribution < -0.4 is 5.32 Å². The van der Waals surface area contributed by atoms with E-state index in [-0.39, 0.29) is 0 Å². The topological polar surface area (TPSA) is 12.0 Å². The van der Waals surface area contributed by atoms with Crippen molar-refractivity contribution in [1.82, 2.24) is 5.32 Å². The van der Waals surface area contributed by atoms with Crippen LogP contribution in [0.25, 0.3) is 0 Å². The SMILES string of the molecule is CNCC(Cc1cccc(Br)c1)Cc1ccc(F)c(F)c1. The van der Waals surface area contributed by atoms with Gasteiger partial charge < -0.3 is 5.32 Å². The minimum Gasteiger partial charge on any atom is -0.319 e. The second-order valence-electron chi connectivity index (χ2n) is 5.21. The van der Waals surface area contributed by atoms with Crippen molar-refractivity contribution in [3.05, 3.63) is 69.7 Å². The molecular weight excluding hydrogens is 336 g/mol. The summed E-state index contributed by atoms with van der Waals surface area (Å²) in [7, 11) is 1.90. The van der Waals surface area contributed by atoms with Crippen molar-refractivity contribution >= 4 is 15.9 Å². The van der Waals surface area contributed by atoms with Crippen molar-refractivity contribution in [3.8, 4) is 0 Å². The molecule has 2 aromatic rings. The Hall–Kier alpha value is -1.26. The predicted octanol–water partition coefficient (Wildman–Crippen LogP) is 4.35. The molecule has 0 aromatic heterocycles. The van der Waals surface area contributed by atoms with Gasteiger partial charge in [0, 0.05) is 4.47 Å². The molecule has 21 heavy (non-hydrogen) atoms. The first-order valence-electron chi connectivity index (χ1n) is 6.91. The van der Waals surface area contributed by atoms with E-state index >= 15 is 0 Å². The van der Waals surface area contributed by atoms with Gasteiger partial charge in [0.25, 0.3) is 0 Å². The van der Waals surface area contributed by atoms with Crippen molar-refractivity contribution < 1.29 is 8.78 Å². The third-order valence-electron chi connectivity index (χ3n) is 3.41. The van der Waals surface area contributed by atoms with Crippen molar-refractivity contribution in [2.45, 2.75) is 12.8 Å². The Bertz CT molecular complexity index is 601. The van der Waals surface area contributed by atoms with Crippen LogP contribution >= 0.6 is 15.9 Å². The van der Waals surface area contributed by atoms with Gasteiger partial charge in [-0.25, -0.2) is 8.78 Å². The van der Waals surface area contributed by atoms with Crippen LogP contribution in [-0.4, -0.2) is 13.6 Å². The van der Waals surface area contributed by atoms with Crippen LogP contribution in [0.15, 0.2) is 46.9 Å². The summed E-state index contributed by atoms with van der Waals surface area (Å²) in [5.74, 6) is -1.25. The molecule has 1 unspecified atom stereocenters. The Morgan fingerprint density at radius 3 is 2.33 bits per heavy atom. The molecule has 2 rings (SSSR count). The van der Waals surface area contributed by atoms with Crippen LogP contribution in [0.5, 0.6) is 0 Å². The molecule has 0 saturated heterocycles. The van der Waals surface area contributed by atoms with Crippen LogP contribution in [0, 0.1) is 17.6 Å². The van der Waals surface area contributed by atoms with E-state index in [0.29, 0.717) is 12.3 Å².